The zero-order valence-corrected chi connectivity index (χ0v) is 15.7. The highest BCUT2D eigenvalue weighted by atomic mass is 16.5. The van der Waals surface area contributed by atoms with Crippen LogP contribution in [0.5, 0.6) is 0 Å². The molecule has 0 aliphatic carbocycles. The number of aliphatic hydroxyl groups is 1. The molecule has 25 heavy (non-hydrogen) atoms. The number of hydrogen-bond donors (Lipinski definition) is 1. The first kappa shape index (κ1) is 21.7. The molecule has 0 spiro atoms. The van der Waals surface area contributed by atoms with Crippen molar-refractivity contribution < 1.29 is 19.4 Å². The predicted octanol–water partition coefficient (Wildman–Crippen LogP) is 4.49. The van der Waals surface area contributed by atoms with Gasteiger partial charge in [-0.05, 0) is 38.2 Å². The number of aliphatic hydroxyl groups excluding tert-OH is 1. The molecule has 1 heterocycles. The fourth-order valence-corrected chi connectivity index (χ4v) is 2.70. The molecule has 0 aromatic heterocycles. The number of rotatable bonds is 10. The molecule has 4 heteroatoms. The van der Waals surface area contributed by atoms with E-state index in [1.807, 2.05) is 18.2 Å². The first-order chi connectivity index (χ1) is 12.2. The van der Waals surface area contributed by atoms with Crippen LogP contribution in [0.3, 0.4) is 0 Å². The fraction of sp³-hybridized carbons (Fsp3) is 0.667. The molecule has 142 valence electrons. The number of methoxy groups -OCH3 is 1. The van der Waals surface area contributed by atoms with Gasteiger partial charge in [0.1, 0.15) is 12.2 Å². The fourth-order valence-electron chi connectivity index (χ4n) is 2.70. The Hall–Kier alpha value is -1.39. The smallest absolute Gasteiger partial charge is 0.306 e. The quantitative estimate of drug-likeness (QED) is 0.358. The zero-order valence-electron chi connectivity index (χ0n) is 15.7. The van der Waals surface area contributed by atoms with Crippen molar-refractivity contribution in [3.05, 3.63) is 36.5 Å². The molecular weight excluding hydrogens is 316 g/mol. The van der Waals surface area contributed by atoms with Crippen molar-refractivity contribution >= 4 is 5.97 Å². The van der Waals surface area contributed by atoms with E-state index in [4.69, 9.17) is 9.47 Å². The molecule has 0 saturated carbocycles. The van der Waals surface area contributed by atoms with Crippen molar-refractivity contribution in [1.82, 2.24) is 0 Å². The predicted molar refractivity (Wildman–Crippen MR) is 101 cm³/mol. The van der Waals surface area contributed by atoms with E-state index in [0.29, 0.717) is 19.3 Å². The summed E-state index contributed by atoms with van der Waals surface area (Å²) in [6.07, 6.45) is 18.7. The molecule has 0 fully saturated rings. The van der Waals surface area contributed by atoms with Crippen molar-refractivity contribution in [1.29, 1.82) is 0 Å². The number of esters is 1. The molecule has 0 unspecified atom stereocenters. The van der Waals surface area contributed by atoms with E-state index in [1.54, 1.807) is 13.2 Å². The van der Waals surface area contributed by atoms with Gasteiger partial charge in [-0.25, -0.2) is 0 Å². The van der Waals surface area contributed by atoms with Crippen LogP contribution in [-0.4, -0.2) is 36.5 Å². The number of allylic oxidation sites excluding steroid dienone is 2. The van der Waals surface area contributed by atoms with Crippen LogP contribution in [0.2, 0.25) is 0 Å². The van der Waals surface area contributed by atoms with E-state index >= 15 is 0 Å². The summed E-state index contributed by atoms with van der Waals surface area (Å²) in [7, 11) is 1.58. The number of hydrogen-bond acceptors (Lipinski definition) is 4. The molecule has 0 aromatic carbocycles. The molecule has 0 radical (unpaired) electrons. The second kappa shape index (κ2) is 13.9. The summed E-state index contributed by atoms with van der Waals surface area (Å²) in [5.41, 5.74) is 0. The molecule has 0 aromatic rings. The first-order valence-electron chi connectivity index (χ1n) is 9.56. The monoisotopic (exact) mass is 350 g/mol. The van der Waals surface area contributed by atoms with E-state index in [0.717, 1.165) is 19.3 Å². The van der Waals surface area contributed by atoms with E-state index < -0.39 is 12.2 Å². The third-order valence-electron chi connectivity index (χ3n) is 4.25. The minimum Gasteiger partial charge on any atom is -0.458 e. The van der Waals surface area contributed by atoms with E-state index in [9.17, 15) is 9.90 Å². The number of cyclic esters (lactones) is 1. The molecule has 1 aliphatic heterocycles. The standard InChI is InChI=1S/C21H34O4/c1-3-4-5-6-7-11-14-19(22)20(24-2)17-16-18-13-10-8-9-12-15-21(23)25-18/h7-8,10-11,16-20,22H,3-6,9,12-15H2,1-2H3/b10-8-,11-7-,17-16+/t18-,19+,20+/m1/s1. The van der Waals surface area contributed by atoms with Crippen molar-refractivity contribution in [3.63, 3.8) is 0 Å². The Labute approximate surface area is 152 Å². The summed E-state index contributed by atoms with van der Waals surface area (Å²) < 4.78 is 10.8. The van der Waals surface area contributed by atoms with Gasteiger partial charge >= 0.3 is 5.97 Å². The number of unbranched alkanes of at least 4 members (excludes halogenated alkanes) is 3. The van der Waals surface area contributed by atoms with Crippen molar-refractivity contribution in [3.8, 4) is 0 Å². The Bertz CT molecular complexity index is 439. The molecular formula is C21H34O4. The number of ether oxygens (including phenoxy) is 2. The molecule has 0 saturated heterocycles. The van der Waals surface area contributed by atoms with Gasteiger partial charge in [0.05, 0.1) is 6.10 Å². The molecule has 4 nitrogen and oxygen atoms in total. The van der Waals surface area contributed by atoms with Gasteiger partial charge < -0.3 is 14.6 Å². The summed E-state index contributed by atoms with van der Waals surface area (Å²) in [6, 6.07) is 0. The highest BCUT2D eigenvalue weighted by Gasteiger charge is 2.16. The Morgan fingerprint density at radius 3 is 2.96 bits per heavy atom. The van der Waals surface area contributed by atoms with Crippen LogP contribution in [0.1, 0.15) is 64.7 Å². The van der Waals surface area contributed by atoms with Crippen molar-refractivity contribution in [2.45, 2.75) is 83.0 Å². The topological polar surface area (TPSA) is 55.8 Å². The van der Waals surface area contributed by atoms with Crippen LogP contribution in [0.4, 0.5) is 0 Å². The van der Waals surface area contributed by atoms with E-state index in [1.165, 1.54) is 19.3 Å². The van der Waals surface area contributed by atoms with Crippen LogP contribution >= 0.6 is 0 Å². The molecule has 1 aliphatic rings. The lowest BCUT2D eigenvalue weighted by molar-refractivity contribution is -0.146. The summed E-state index contributed by atoms with van der Waals surface area (Å²) in [5, 5.41) is 10.3. The summed E-state index contributed by atoms with van der Waals surface area (Å²) in [6.45, 7) is 2.19. The average Bonchev–Trinajstić information content (AvgIpc) is 2.70. The second-order valence-electron chi connectivity index (χ2n) is 6.48. The van der Waals surface area contributed by atoms with Gasteiger partial charge in [-0.3, -0.25) is 4.79 Å². The maximum absolute atomic E-state index is 11.7. The van der Waals surface area contributed by atoms with Crippen LogP contribution in [0, 0.1) is 0 Å². The summed E-state index contributed by atoms with van der Waals surface area (Å²) >= 11 is 0. The molecule has 3 atom stereocenters. The van der Waals surface area contributed by atoms with Crippen LogP contribution in [-0.2, 0) is 14.3 Å². The lowest BCUT2D eigenvalue weighted by atomic mass is 10.1. The number of carbonyl (C=O) groups excluding carboxylic acids is 1. The number of carbonyl (C=O) groups is 1. The average molecular weight is 350 g/mol. The lowest BCUT2D eigenvalue weighted by Gasteiger charge is -2.18. The van der Waals surface area contributed by atoms with E-state index in [2.05, 4.69) is 19.1 Å². The van der Waals surface area contributed by atoms with Gasteiger partial charge in [-0.1, -0.05) is 50.1 Å². The highest BCUT2D eigenvalue weighted by Crippen LogP contribution is 2.13. The van der Waals surface area contributed by atoms with Gasteiger partial charge in [-0.15, -0.1) is 0 Å². The lowest BCUT2D eigenvalue weighted by Crippen LogP contribution is -2.26. The van der Waals surface area contributed by atoms with Gasteiger partial charge in [0, 0.05) is 20.0 Å². The highest BCUT2D eigenvalue weighted by molar-refractivity contribution is 5.69. The third-order valence-corrected chi connectivity index (χ3v) is 4.25. The van der Waals surface area contributed by atoms with Crippen molar-refractivity contribution in [2.24, 2.45) is 0 Å². The molecule has 0 amide bonds. The van der Waals surface area contributed by atoms with Gasteiger partial charge in [0.15, 0.2) is 0 Å². The minimum absolute atomic E-state index is 0.164. The first-order valence-corrected chi connectivity index (χ1v) is 9.56. The molecule has 1 rings (SSSR count). The van der Waals surface area contributed by atoms with Gasteiger partial charge in [-0.2, -0.15) is 0 Å². The minimum atomic E-state index is -0.605. The third kappa shape index (κ3) is 10.3. The van der Waals surface area contributed by atoms with Crippen molar-refractivity contribution in [2.75, 3.05) is 7.11 Å². The van der Waals surface area contributed by atoms with Crippen LogP contribution < -0.4 is 0 Å². The Morgan fingerprint density at radius 1 is 1.36 bits per heavy atom. The maximum Gasteiger partial charge on any atom is 0.306 e. The normalized spacial score (nSPS) is 23.0. The largest absolute Gasteiger partial charge is 0.458 e. The maximum atomic E-state index is 11.7. The van der Waals surface area contributed by atoms with Crippen LogP contribution in [0.25, 0.3) is 0 Å². The summed E-state index contributed by atoms with van der Waals surface area (Å²) in [5.74, 6) is -0.164. The zero-order chi connectivity index (χ0) is 18.3. The Balaban J connectivity index is 2.48. The Kier molecular flexibility index (Phi) is 12.0. The van der Waals surface area contributed by atoms with Gasteiger partial charge in [0.2, 0.25) is 0 Å². The SMILES string of the molecule is CCCCC/C=C\C[C@H](O)[C@H](/C=C/[C@H]1C/C=C\CCCC(=O)O1)OC. The van der Waals surface area contributed by atoms with Gasteiger partial charge in [0.25, 0.3) is 0 Å². The van der Waals surface area contributed by atoms with E-state index in [-0.39, 0.29) is 12.1 Å². The van der Waals surface area contributed by atoms with Crippen LogP contribution in [0.15, 0.2) is 36.5 Å². The molecule has 0 bridgehead atoms. The second-order valence-corrected chi connectivity index (χ2v) is 6.48. The molecule has 1 N–H and O–H groups in total. The summed E-state index contributed by atoms with van der Waals surface area (Å²) in [4.78, 5) is 11.7. The Morgan fingerprint density at radius 2 is 2.20 bits per heavy atom.